The van der Waals surface area contributed by atoms with Gasteiger partial charge in [0.15, 0.2) is 0 Å². The second kappa shape index (κ2) is 4.44. The highest BCUT2D eigenvalue weighted by atomic mass is 32.2. The van der Waals surface area contributed by atoms with Crippen molar-refractivity contribution >= 4 is 23.6 Å². The Bertz CT molecular complexity index is 392. The Labute approximate surface area is 113 Å². The van der Waals surface area contributed by atoms with Crippen LogP contribution in [-0.2, 0) is 0 Å². The summed E-state index contributed by atoms with van der Waals surface area (Å²) >= 11 is 1.88. The van der Waals surface area contributed by atoms with Crippen molar-refractivity contribution in [2.75, 3.05) is 18.1 Å². The SMILES string of the molecule is CC(C)CN1C(=O)N=C(N)C12CSCCC2(C)C. The minimum Gasteiger partial charge on any atom is -0.385 e. The highest BCUT2D eigenvalue weighted by molar-refractivity contribution is 7.99. The summed E-state index contributed by atoms with van der Waals surface area (Å²) in [4.78, 5) is 18.1. The molecular weight excluding hydrogens is 246 g/mol. The van der Waals surface area contributed by atoms with Crippen molar-refractivity contribution in [3.05, 3.63) is 0 Å². The Balaban J connectivity index is 2.42. The molecule has 0 radical (unpaired) electrons. The van der Waals surface area contributed by atoms with Gasteiger partial charge in [0.1, 0.15) is 11.4 Å². The average Bonchev–Trinajstić information content (AvgIpc) is 2.47. The van der Waals surface area contributed by atoms with Crippen LogP contribution in [0.4, 0.5) is 4.79 Å². The molecule has 2 rings (SSSR count). The van der Waals surface area contributed by atoms with Crippen LogP contribution in [0.1, 0.15) is 34.1 Å². The van der Waals surface area contributed by atoms with Crippen molar-refractivity contribution in [2.24, 2.45) is 22.1 Å². The summed E-state index contributed by atoms with van der Waals surface area (Å²) in [5, 5.41) is 0. The quantitative estimate of drug-likeness (QED) is 0.837. The van der Waals surface area contributed by atoms with E-state index in [4.69, 9.17) is 5.73 Å². The number of nitrogens with two attached hydrogens (primary N) is 1. The highest BCUT2D eigenvalue weighted by Crippen LogP contribution is 2.48. The van der Waals surface area contributed by atoms with E-state index in [-0.39, 0.29) is 17.0 Å². The van der Waals surface area contributed by atoms with Gasteiger partial charge in [-0.3, -0.25) is 0 Å². The van der Waals surface area contributed by atoms with Gasteiger partial charge in [0, 0.05) is 12.3 Å². The molecule has 0 aromatic rings. The second-order valence-corrected chi connectivity index (χ2v) is 7.44. The number of aliphatic imine (C=N–C) groups is 1. The number of hydrogen-bond donors (Lipinski definition) is 1. The van der Waals surface area contributed by atoms with E-state index in [1.54, 1.807) is 0 Å². The van der Waals surface area contributed by atoms with Gasteiger partial charge in [0.05, 0.1) is 0 Å². The molecule has 2 aliphatic heterocycles. The fourth-order valence-electron chi connectivity index (χ4n) is 2.97. The van der Waals surface area contributed by atoms with Gasteiger partial charge in [-0.15, -0.1) is 0 Å². The monoisotopic (exact) mass is 269 g/mol. The van der Waals surface area contributed by atoms with E-state index in [1.165, 1.54) is 0 Å². The largest absolute Gasteiger partial charge is 0.385 e. The number of rotatable bonds is 2. The minimum atomic E-state index is -0.378. The summed E-state index contributed by atoms with van der Waals surface area (Å²) in [6, 6.07) is -0.156. The molecule has 0 saturated carbocycles. The smallest absolute Gasteiger partial charge is 0.346 e. The first-order valence-corrected chi connectivity index (χ1v) is 7.71. The van der Waals surface area contributed by atoms with E-state index in [0.717, 1.165) is 24.5 Å². The summed E-state index contributed by atoms with van der Waals surface area (Å²) in [6.07, 6.45) is 1.07. The molecule has 0 aromatic heterocycles. The van der Waals surface area contributed by atoms with Crippen LogP contribution < -0.4 is 5.73 Å². The van der Waals surface area contributed by atoms with Gasteiger partial charge in [-0.2, -0.15) is 16.8 Å². The van der Waals surface area contributed by atoms with E-state index in [1.807, 2.05) is 16.7 Å². The lowest BCUT2D eigenvalue weighted by Crippen LogP contribution is -2.66. The third-order valence-electron chi connectivity index (χ3n) is 4.18. The number of amidine groups is 1. The van der Waals surface area contributed by atoms with Crippen molar-refractivity contribution < 1.29 is 4.79 Å². The van der Waals surface area contributed by atoms with Gasteiger partial charge in [-0.1, -0.05) is 27.7 Å². The molecule has 5 heteroatoms. The maximum absolute atomic E-state index is 12.1. The third kappa shape index (κ3) is 1.83. The van der Waals surface area contributed by atoms with Crippen molar-refractivity contribution in [1.82, 2.24) is 4.90 Å². The van der Waals surface area contributed by atoms with Crippen LogP contribution in [0.15, 0.2) is 4.99 Å². The van der Waals surface area contributed by atoms with Crippen LogP contribution >= 0.6 is 11.8 Å². The molecule has 1 atom stereocenters. The first kappa shape index (κ1) is 13.7. The zero-order valence-electron chi connectivity index (χ0n) is 11.7. The number of hydrogen-bond acceptors (Lipinski definition) is 3. The average molecular weight is 269 g/mol. The summed E-state index contributed by atoms with van der Waals surface area (Å²) in [7, 11) is 0. The van der Waals surface area contributed by atoms with Crippen LogP contribution in [0.25, 0.3) is 0 Å². The molecule has 2 heterocycles. The lowest BCUT2D eigenvalue weighted by molar-refractivity contribution is 0.0797. The third-order valence-corrected chi connectivity index (χ3v) is 5.30. The van der Waals surface area contributed by atoms with Crippen molar-refractivity contribution in [1.29, 1.82) is 0 Å². The highest BCUT2D eigenvalue weighted by Gasteiger charge is 2.58. The van der Waals surface area contributed by atoms with Gasteiger partial charge >= 0.3 is 6.03 Å². The zero-order chi connectivity index (χ0) is 13.6. The topological polar surface area (TPSA) is 58.7 Å². The van der Waals surface area contributed by atoms with Crippen molar-refractivity contribution in [3.63, 3.8) is 0 Å². The molecular formula is C13H23N3OS. The lowest BCUT2D eigenvalue weighted by Gasteiger charge is -2.52. The van der Waals surface area contributed by atoms with Crippen LogP contribution in [-0.4, -0.2) is 40.4 Å². The minimum absolute atomic E-state index is 0.00706. The van der Waals surface area contributed by atoms with Crippen LogP contribution in [0.3, 0.4) is 0 Å². The van der Waals surface area contributed by atoms with Gasteiger partial charge in [-0.25, -0.2) is 4.79 Å². The predicted octanol–water partition coefficient (Wildman–Crippen LogP) is 2.34. The molecule has 2 amide bonds. The fraction of sp³-hybridized carbons (Fsp3) is 0.846. The maximum Gasteiger partial charge on any atom is 0.346 e. The molecule has 4 nitrogen and oxygen atoms in total. The number of carbonyl (C=O) groups excluding carboxylic acids is 1. The first-order chi connectivity index (χ1) is 8.31. The van der Waals surface area contributed by atoms with Gasteiger partial charge < -0.3 is 10.6 Å². The van der Waals surface area contributed by atoms with Gasteiger partial charge in [0.2, 0.25) is 0 Å². The van der Waals surface area contributed by atoms with E-state index in [2.05, 4.69) is 32.7 Å². The lowest BCUT2D eigenvalue weighted by atomic mass is 9.69. The van der Waals surface area contributed by atoms with E-state index >= 15 is 0 Å². The number of nitrogens with zero attached hydrogens (tertiary/aromatic N) is 2. The van der Waals surface area contributed by atoms with Crippen LogP contribution in [0, 0.1) is 11.3 Å². The van der Waals surface area contributed by atoms with Crippen molar-refractivity contribution in [2.45, 2.75) is 39.7 Å². The van der Waals surface area contributed by atoms with E-state index in [9.17, 15) is 4.79 Å². The van der Waals surface area contributed by atoms with E-state index < -0.39 is 0 Å². The molecule has 1 spiro atoms. The van der Waals surface area contributed by atoms with Crippen LogP contribution in [0.2, 0.25) is 0 Å². The number of carbonyl (C=O) groups is 1. The van der Waals surface area contributed by atoms with Crippen molar-refractivity contribution in [3.8, 4) is 0 Å². The number of amides is 2. The normalized spacial score (nSPS) is 31.3. The maximum atomic E-state index is 12.1. The predicted molar refractivity (Wildman–Crippen MR) is 77.0 cm³/mol. The molecule has 2 aliphatic rings. The summed E-state index contributed by atoms with van der Waals surface area (Å²) in [5.74, 6) is 2.94. The van der Waals surface area contributed by atoms with Gasteiger partial charge in [0.25, 0.3) is 0 Å². The molecule has 2 N–H and O–H groups in total. The molecule has 0 bridgehead atoms. The zero-order valence-corrected chi connectivity index (χ0v) is 12.5. The summed E-state index contributed by atoms with van der Waals surface area (Å²) in [5.41, 5.74) is 5.77. The number of urea groups is 1. The standard InChI is InChI=1S/C13H23N3OS/c1-9(2)7-16-11(17)15-10(14)13(16)8-18-6-5-12(13,3)4/h9H,5-8H2,1-4H3,(H2,14,15,17). The summed E-state index contributed by atoms with van der Waals surface area (Å²) in [6.45, 7) is 9.39. The van der Waals surface area contributed by atoms with Crippen LogP contribution in [0.5, 0.6) is 0 Å². The Morgan fingerprint density at radius 3 is 2.72 bits per heavy atom. The van der Waals surface area contributed by atoms with E-state index in [0.29, 0.717) is 11.8 Å². The first-order valence-electron chi connectivity index (χ1n) is 6.55. The molecule has 1 fully saturated rings. The Morgan fingerprint density at radius 1 is 1.50 bits per heavy atom. The number of thioether (sulfide) groups is 1. The molecule has 1 saturated heterocycles. The Hall–Kier alpha value is -0.710. The Kier molecular flexibility index (Phi) is 3.38. The Morgan fingerprint density at radius 2 is 2.17 bits per heavy atom. The molecule has 102 valence electrons. The fourth-order valence-corrected chi connectivity index (χ4v) is 4.76. The molecule has 0 aromatic carbocycles. The second-order valence-electron chi connectivity index (χ2n) is 6.33. The molecule has 1 unspecified atom stereocenters. The molecule has 18 heavy (non-hydrogen) atoms. The van der Waals surface area contributed by atoms with Gasteiger partial charge in [-0.05, 0) is 23.5 Å². The molecule has 0 aliphatic carbocycles. The summed E-state index contributed by atoms with van der Waals surface area (Å²) < 4.78 is 0.